The summed E-state index contributed by atoms with van der Waals surface area (Å²) in [5.74, 6) is -0.293. The molecular weight excluding hydrogens is 399 g/mol. The number of nitrogens with zero attached hydrogens (tertiary/aromatic N) is 4. The highest BCUT2D eigenvalue weighted by Gasteiger charge is 2.44. The molecule has 26 heavy (non-hydrogen) atoms. The molecule has 0 saturated carbocycles. The highest BCUT2D eigenvalue weighted by molar-refractivity contribution is 9.10. The number of rotatable bonds is 4. The lowest BCUT2D eigenvalue weighted by molar-refractivity contribution is -0.0782. The molecule has 6 rings (SSSR count). The molecule has 134 valence electrons. The first-order valence-electron chi connectivity index (χ1n) is 8.77. The Morgan fingerprint density at radius 1 is 1.15 bits per heavy atom. The van der Waals surface area contributed by atoms with E-state index in [0.717, 1.165) is 41.7 Å². The number of piperidine rings is 1. The second-order valence-corrected chi connectivity index (χ2v) is 8.11. The Balaban J connectivity index is 1.26. The van der Waals surface area contributed by atoms with Crippen molar-refractivity contribution in [3.05, 3.63) is 58.2 Å². The van der Waals surface area contributed by atoms with Crippen molar-refractivity contribution in [2.24, 2.45) is 0 Å². The highest BCUT2D eigenvalue weighted by Crippen LogP contribution is 2.35. The number of piperazine rings is 1. The fraction of sp³-hybridized carbons (Fsp3) is 0.368. The normalized spacial score (nSPS) is 23.3. The highest BCUT2D eigenvalue weighted by atomic mass is 79.9. The van der Waals surface area contributed by atoms with Gasteiger partial charge in [0.25, 0.3) is 0 Å². The Morgan fingerprint density at radius 3 is 2.81 bits per heavy atom. The van der Waals surface area contributed by atoms with Gasteiger partial charge >= 0.3 is 0 Å². The van der Waals surface area contributed by atoms with Crippen molar-refractivity contribution in [2.45, 2.75) is 31.6 Å². The van der Waals surface area contributed by atoms with Crippen molar-refractivity contribution < 1.29 is 8.91 Å². The molecule has 7 heteroatoms. The predicted molar refractivity (Wildman–Crippen MR) is 98.9 cm³/mol. The zero-order valence-electron chi connectivity index (χ0n) is 14.1. The van der Waals surface area contributed by atoms with E-state index in [2.05, 4.69) is 41.9 Å². The summed E-state index contributed by atoms with van der Waals surface area (Å²) < 4.78 is 19.6. The summed E-state index contributed by atoms with van der Waals surface area (Å²) in [6, 6.07) is 7.84. The summed E-state index contributed by atoms with van der Waals surface area (Å²) >= 11 is 3.49. The first kappa shape index (κ1) is 16.4. The molecular formula is C19H18BrFN4O. The van der Waals surface area contributed by atoms with Gasteiger partial charge in [0.05, 0.1) is 0 Å². The van der Waals surface area contributed by atoms with Gasteiger partial charge in [0.15, 0.2) is 5.58 Å². The summed E-state index contributed by atoms with van der Waals surface area (Å²) in [6.45, 7) is 3.79. The van der Waals surface area contributed by atoms with Crippen LogP contribution < -0.4 is 0 Å². The van der Waals surface area contributed by atoms with Crippen LogP contribution in [0.1, 0.15) is 17.7 Å². The molecule has 3 aromatic rings. The second-order valence-electron chi connectivity index (χ2n) is 7.19. The van der Waals surface area contributed by atoms with Gasteiger partial charge in [0.2, 0.25) is 0 Å². The molecule has 3 aliphatic heterocycles. The van der Waals surface area contributed by atoms with Crippen molar-refractivity contribution in [1.29, 1.82) is 0 Å². The van der Waals surface area contributed by atoms with Crippen LogP contribution in [0.5, 0.6) is 0 Å². The van der Waals surface area contributed by atoms with E-state index in [1.807, 2.05) is 12.4 Å². The lowest BCUT2D eigenvalue weighted by Crippen LogP contribution is -2.67. The molecule has 0 radical (unpaired) electrons. The van der Waals surface area contributed by atoms with Crippen LogP contribution in [0.15, 0.2) is 45.7 Å². The van der Waals surface area contributed by atoms with Gasteiger partial charge in [-0.2, -0.15) is 0 Å². The van der Waals surface area contributed by atoms with Gasteiger partial charge in [-0.15, -0.1) is 0 Å². The van der Waals surface area contributed by atoms with Crippen LogP contribution in [0.25, 0.3) is 11.0 Å². The molecule has 3 saturated heterocycles. The standard InChI is InChI=1S/C19H18BrFN4O/c20-13-3-12(6-22-7-13)8-24-9-15-5-16(10-24)25(15)11-18-17-2-1-14(21)4-19(17)26-23-18/h1-4,6-7,15-16H,5,8-11H2. The average Bonchev–Trinajstić information content (AvgIpc) is 3.01. The van der Waals surface area contributed by atoms with Crippen LogP contribution in [0.4, 0.5) is 4.39 Å². The third-order valence-corrected chi connectivity index (χ3v) is 5.86. The minimum absolute atomic E-state index is 0.293. The zero-order valence-corrected chi connectivity index (χ0v) is 15.7. The molecule has 0 amide bonds. The van der Waals surface area contributed by atoms with E-state index in [4.69, 9.17) is 4.52 Å². The largest absolute Gasteiger partial charge is 0.356 e. The number of fused-ring (bicyclic) bond motifs is 3. The Morgan fingerprint density at radius 2 is 2.00 bits per heavy atom. The van der Waals surface area contributed by atoms with E-state index < -0.39 is 0 Å². The Hall–Kier alpha value is -1.83. The summed E-state index contributed by atoms with van der Waals surface area (Å²) in [6.07, 6.45) is 4.98. The number of pyridine rings is 1. The lowest BCUT2D eigenvalue weighted by Gasteiger charge is -2.56. The fourth-order valence-corrected chi connectivity index (χ4v) is 4.63. The third-order valence-electron chi connectivity index (χ3n) is 5.43. The van der Waals surface area contributed by atoms with Crippen LogP contribution in [-0.2, 0) is 13.1 Å². The predicted octanol–water partition coefficient (Wildman–Crippen LogP) is 3.58. The molecule has 0 N–H and O–H groups in total. The second kappa shape index (κ2) is 6.40. The molecule has 3 fully saturated rings. The van der Waals surface area contributed by atoms with Crippen molar-refractivity contribution in [3.8, 4) is 0 Å². The molecule has 3 aliphatic rings. The van der Waals surface area contributed by atoms with Crippen molar-refractivity contribution in [2.75, 3.05) is 13.1 Å². The summed E-state index contributed by atoms with van der Waals surface area (Å²) in [4.78, 5) is 9.24. The third kappa shape index (κ3) is 2.94. The maximum Gasteiger partial charge on any atom is 0.170 e. The van der Waals surface area contributed by atoms with Gasteiger partial charge in [-0.3, -0.25) is 14.8 Å². The lowest BCUT2D eigenvalue weighted by atomic mass is 9.87. The molecule has 0 aliphatic carbocycles. The van der Waals surface area contributed by atoms with Crippen LogP contribution in [-0.4, -0.2) is 45.1 Å². The van der Waals surface area contributed by atoms with E-state index in [-0.39, 0.29) is 5.82 Å². The molecule has 2 bridgehead atoms. The maximum absolute atomic E-state index is 13.3. The summed E-state index contributed by atoms with van der Waals surface area (Å²) in [5.41, 5.74) is 2.66. The van der Waals surface area contributed by atoms with E-state index >= 15 is 0 Å². The molecule has 2 aromatic heterocycles. The topological polar surface area (TPSA) is 45.4 Å². The summed E-state index contributed by atoms with van der Waals surface area (Å²) in [5, 5.41) is 5.08. The maximum atomic E-state index is 13.3. The quantitative estimate of drug-likeness (QED) is 0.650. The van der Waals surface area contributed by atoms with E-state index in [9.17, 15) is 4.39 Å². The van der Waals surface area contributed by atoms with Crippen LogP contribution in [0, 0.1) is 5.82 Å². The fourth-order valence-electron chi connectivity index (χ4n) is 4.21. The summed E-state index contributed by atoms with van der Waals surface area (Å²) in [7, 11) is 0. The Kier molecular flexibility index (Phi) is 4.03. The number of hydrogen-bond acceptors (Lipinski definition) is 5. The molecule has 5 nitrogen and oxygen atoms in total. The van der Waals surface area contributed by atoms with Crippen molar-refractivity contribution >= 4 is 26.9 Å². The van der Waals surface area contributed by atoms with Crippen LogP contribution >= 0.6 is 15.9 Å². The van der Waals surface area contributed by atoms with Gasteiger partial charge in [-0.25, -0.2) is 4.39 Å². The number of halogens is 2. The van der Waals surface area contributed by atoms with E-state index in [0.29, 0.717) is 17.7 Å². The van der Waals surface area contributed by atoms with Crippen LogP contribution in [0.2, 0.25) is 0 Å². The minimum Gasteiger partial charge on any atom is -0.356 e. The van der Waals surface area contributed by atoms with Gasteiger partial charge in [0.1, 0.15) is 11.5 Å². The van der Waals surface area contributed by atoms with Crippen LogP contribution in [0.3, 0.4) is 0 Å². The SMILES string of the molecule is Fc1ccc2c(CN3C4CC3CN(Cc3cncc(Br)c3)C4)noc2c1. The average molecular weight is 417 g/mol. The molecule has 2 atom stereocenters. The smallest absolute Gasteiger partial charge is 0.170 e. The molecule has 0 spiro atoms. The van der Waals surface area contributed by atoms with Crippen molar-refractivity contribution in [1.82, 2.24) is 19.9 Å². The first-order chi connectivity index (χ1) is 12.7. The van der Waals surface area contributed by atoms with Gasteiger partial charge in [0, 0.05) is 66.6 Å². The minimum atomic E-state index is -0.293. The molecule has 2 unspecified atom stereocenters. The van der Waals surface area contributed by atoms with Crippen molar-refractivity contribution in [3.63, 3.8) is 0 Å². The Bertz CT molecular complexity index is 950. The van der Waals surface area contributed by atoms with Gasteiger partial charge in [-0.1, -0.05) is 5.16 Å². The number of aromatic nitrogens is 2. The number of hydrogen-bond donors (Lipinski definition) is 0. The Labute approximate surface area is 158 Å². The zero-order chi connectivity index (χ0) is 17.7. The first-order valence-corrected chi connectivity index (χ1v) is 9.56. The van der Waals surface area contributed by atoms with Gasteiger partial charge < -0.3 is 4.52 Å². The van der Waals surface area contributed by atoms with Gasteiger partial charge in [-0.05, 0) is 46.1 Å². The van der Waals surface area contributed by atoms with E-state index in [1.54, 1.807) is 6.07 Å². The van der Waals surface area contributed by atoms with E-state index in [1.165, 1.54) is 24.1 Å². The monoisotopic (exact) mass is 416 g/mol. The number of benzene rings is 1. The molecule has 1 aromatic carbocycles. The molecule has 5 heterocycles.